The highest BCUT2D eigenvalue weighted by Gasteiger charge is 2.21. The Balaban J connectivity index is 1.42. The zero-order valence-electron chi connectivity index (χ0n) is 16.5. The molecule has 0 fully saturated rings. The molecule has 1 aromatic carbocycles. The van der Waals surface area contributed by atoms with Crippen LogP contribution in [0.5, 0.6) is 5.75 Å². The maximum atomic E-state index is 14.4. The molecule has 0 radical (unpaired) electrons. The average molecular weight is 428 g/mol. The number of halogens is 1. The predicted molar refractivity (Wildman–Crippen MR) is 112 cm³/mol. The number of ether oxygens (including phenoxy) is 1. The third kappa shape index (κ3) is 3.35. The van der Waals surface area contributed by atoms with Crippen molar-refractivity contribution in [1.82, 2.24) is 23.9 Å². The predicted octanol–water partition coefficient (Wildman–Crippen LogP) is 2.19. The van der Waals surface area contributed by atoms with Gasteiger partial charge in [0.15, 0.2) is 5.65 Å². The fraction of sp³-hybridized carbons (Fsp3) is 0.350. The van der Waals surface area contributed by atoms with Crippen molar-refractivity contribution in [2.75, 3.05) is 31.3 Å². The molecular weight excluding hydrogens is 407 g/mol. The summed E-state index contributed by atoms with van der Waals surface area (Å²) < 4.78 is 35.3. The first kappa shape index (κ1) is 19.1. The Morgan fingerprint density at radius 3 is 3.03 bits per heavy atom. The van der Waals surface area contributed by atoms with E-state index in [9.17, 15) is 8.60 Å². The lowest BCUT2D eigenvalue weighted by atomic mass is 10.0. The van der Waals surface area contributed by atoms with Crippen molar-refractivity contribution in [3.63, 3.8) is 0 Å². The minimum atomic E-state index is -0.979. The van der Waals surface area contributed by atoms with Crippen LogP contribution in [-0.4, -0.2) is 54.0 Å². The van der Waals surface area contributed by atoms with E-state index in [4.69, 9.17) is 4.74 Å². The summed E-state index contributed by atoms with van der Waals surface area (Å²) in [6, 6.07) is 3.12. The Bertz CT molecular complexity index is 1180. The zero-order chi connectivity index (χ0) is 20.7. The summed E-state index contributed by atoms with van der Waals surface area (Å²) in [5, 5.41) is 11.5. The molecule has 3 aromatic rings. The lowest BCUT2D eigenvalue weighted by Gasteiger charge is -2.23. The first-order valence-electron chi connectivity index (χ1n) is 9.75. The summed E-state index contributed by atoms with van der Waals surface area (Å²) in [5.74, 6) is 1.04. The molecule has 8 nitrogen and oxygen atoms in total. The van der Waals surface area contributed by atoms with Gasteiger partial charge in [0.25, 0.3) is 0 Å². The van der Waals surface area contributed by atoms with Crippen molar-refractivity contribution in [3.05, 3.63) is 53.2 Å². The SMILES string of the molecule is CS(=O)N1CC=C(c2cnc(NCc3c(F)ccc4c3CCO4)n3cnnc23)CC1. The summed E-state index contributed by atoms with van der Waals surface area (Å²) in [4.78, 5) is 4.55. The zero-order valence-corrected chi connectivity index (χ0v) is 17.3. The van der Waals surface area contributed by atoms with Crippen molar-refractivity contribution in [1.29, 1.82) is 0 Å². The van der Waals surface area contributed by atoms with Gasteiger partial charge in [0.1, 0.15) is 17.9 Å². The van der Waals surface area contributed by atoms with Crippen molar-refractivity contribution in [3.8, 4) is 5.75 Å². The Labute approximate surface area is 175 Å². The molecule has 0 saturated heterocycles. The van der Waals surface area contributed by atoms with Crippen LogP contribution >= 0.6 is 0 Å². The molecule has 0 saturated carbocycles. The van der Waals surface area contributed by atoms with Crippen molar-refractivity contribution >= 4 is 28.2 Å². The minimum absolute atomic E-state index is 0.256. The second-order valence-corrected chi connectivity index (χ2v) is 8.63. The third-order valence-corrected chi connectivity index (χ3v) is 6.64. The van der Waals surface area contributed by atoms with Crippen LogP contribution in [0, 0.1) is 5.82 Å². The highest BCUT2D eigenvalue weighted by Crippen LogP contribution is 2.31. The smallest absolute Gasteiger partial charge is 0.210 e. The Morgan fingerprint density at radius 1 is 1.33 bits per heavy atom. The number of aromatic nitrogens is 4. The van der Waals surface area contributed by atoms with Gasteiger partial charge >= 0.3 is 0 Å². The standard InChI is InChI=1S/C20H21FN6O2S/c1-30(28)26-7-4-13(5-8-26)15-10-22-20(27-12-24-25-19(15)27)23-11-16-14-6-9-29-18(14)3-2-17(16)21/h2-4,10,12H,5-9,11H2,1H3,(H,22,23). The summed E-state index contributed by atoms with van der Waals surface area (Å²) in [6.45, 7) is 2.21. The maximum Gasteiger partial charge on any atom is 0.210 e. The number of fused-ring (bicyclic) bond motifs is 2. The number of hydrogen-bond acceptors (Lipinski definition) is 6. The van der Waals surface area contributed by atoms with Gasteiger partial charge < -0.3 is 10.1 Å². The van der Waals surface area contributed by atoms with E-state index < -0.39 is 11.0 Å². The van der Waals surface area contributed by atoms with Crippen LogP contribution in [0.25, 0.3) is 11.2 Å². The van der Waals surface area contributed by atoms with E-state index in [1.54, 1.807) is 29.2 Å². The largest absolute Gasteiger partial charge is 0.493 e. The van der Waals surface area contributed by atoms with E-state index >= 15 is 0 Å². The van der Waals surface area contributed by atoms with Gasteiger partial charge in [-0.3, -0.25) is 4.40 Å². The lowest BCUT2D eigenvalue weighted by Crippen LogP contribution is -2.29. The Hall–Kier alpha value is -2.85. The average Bonchev–Trinajstić information content (AvgIpc) is 3.43. The summed E-state index contributed by atoms with van der Waals surface area (Å²) in [6.07, 6.45) is 8.58. The normalized spacial score (nSPS) is 17.5. The quantitative estimate of drug-likeness (QED) is 0.671. The molecule has 0 amide bonds. The van der Waals surface area contributed by atoms with Crippen LogP contribution < -0.4 is 10.1 Å². The third-order valence-electron chi connectivity index (χ3n) is 5.58. The number of hydrogen-bond donors (Lipinski definition) is 1. The van der Waals surface area contributed by atoms with Crippen molar-refractivity contribution in [2.45, 2.75) is 19.4 Å². The summed E-state index contributed by atoms with van der Waals surface area (Å²) in [5.41, 5.74) is 4.20. The molecule has 2 aliphatic rings. The monoisotopic (exact) mass is 428 g/mol. The first-order chi connectivity index (χ1) is 14.6. The summed E-state index contributed by atoms with van der Waals surface area (Å²) >= 11 is 0. The van der Waals surface area contributed by atoms with Crippen LogP contribution in [0.1, 0.15) is 23.1 Å². The van der Waals surface area contributed by atoms with Crippen molar-refractivity contribution < 1.29 is 13.3 Å². The van der Waals surface area contributed by atoms with Crippen LogP contribution in [0.2, 0.25) is 0 Å². The second kappa shape index (κ2) is 7.77. The van der Waals surface area contributed by atoms with Crippen LogP contribution in [-0.2, 0) is 24.0 Å². The number of nitrogens with zero attached hydrogens (tertiary/aromatic N) is 5. The maximum absolute atomic E-state index is 14.4. The molecule has 2 aliphatic heterocycles. The molecule has 156 valence electrons. The molecule has 5 rings (SSSR count). The van der Waals surface area contributed by atoms with Gasteiger partial charge in [0, 0.05) is 55.2 Å². The van der Waals surface area contributed by atoms with Gasteiger partial charge in [-0.15, -0.1) is 10.2 Å². The van der Waals surface area contributed by atoms with Crippen molar-refractivity contribution in [2.24, 2.45) is 0 Å². The molecule has 4 heterocycles. The number of nitrogens with one attached hydrogen (secondary N) is 1. The molecule has 1 atom stereocenters. The van der Waals surface area contributed by atoms with E-state index in [1.807, 2.05) is 4.31 Å². The van der Waals surface area contributed by atoms with Crippen LogP contribution in [0.4, 0.5) is 10.3 Å². The number of anilines is 1. The Morgan fingerprint density at radius 2 is 2.23 bits per heavy atom. The van der Waals surface area contributed by atoms with Gasteiger partial charge in [0.05, 0.1) is 17.6 Å². The molecule has 1 unspecified atom stereocenters. The van der Waals surface area contributed by atoms with Gasteiger partial charge in [-0.2, -0.15) is 0 Å². The highest BCUT2D eigenvalue weighted by molar-refractivity contribution is 7.81. The molecule has 30 heavy (non-hydrogen) atoms. The van der Waals surface area contributed by atoms with Gasteiger partial charge in [-0.1, -0.05) is 6.08 Å². The highest BCUT2D eigenvalue weighted by atomic mass is 32.2. The molecule has 0 aliphatic carbocycles. The number of rotatable bonds is 5. The van der Waals surface area contributed by atoms with E-state index in [0.717, 1.165) is 35.4 Å². The van der Waals surface area contributed by atoms with Gasteiger partial charge in [0.2, 0.25) is 5.95 Å². The first-order valence-corrected chi connectivity index (χ1v) is 11.3. The van der Waals surface area contributed by atoms with E-state index in [2.05, 4.69) is 26.6 Å². The molecule has 2 aromatic heterocycles. The number of benzene rings is 1. The van der Waals surface area contributed by atoms with E-state index in [-0.39, 0.29) is 12.4 Å². The van der Waals surface area contributed by atoms with E-state index in [0.29, 0.717) is 36.7 Å². The van der Waals surface area contributed by atoms with Crippen LogP contribution in [0.3, 0.4) is 0 Å². The van der Waals surface area contributed by atoms with Gasteiger partial charge in [-0.05, 0) is 24.1 Å². The van der Waals surface area contributed by atoms with Gasteiger partial charge in [-0.25, -0.2) is 17.9 Å². The molecular formula is C20H21FN6O2S. The Kier molecular flexibility index (Phi) is 4.95. The fourth-order valence-corrected chi connectivity index (χ4v) is 4.61. The topological polar surface area (TPSA) is 84.7 Å². The fourth-order valence-electron chi connectivity index (χ4n) is 3.98. The molecule has 0 bridgehead atoms. The van der Waals surface area contributed by atoms with Crippen LogP contribution in [0.15, 0.2) is 30.7 Å². The lowest BCUT2D eigenvalue weighted by molar-refractivity contribution is 0.356. The van der Waals surface area contributed by atoms with E-state index in [1.165, 1.54) is 6.07 Å². The molecule has 1 N–H and O–H groups in total. The molecule has 0 spiro atoms. The molecule has 10 heteroatoms. The minimum Gasteiger partial charge on any atom is -0.493 e. The second-order valence-electron chi connectivity index (χ2n) is 7.27. The summed E-state index contributed by atoms with van der Waals surface area (Å²) in [7, 11) is -0.979.